The zero-order chi connectivity index (χ0) is 21.1. The van der Waals surface area contributed by atoms with E-state index in [0.29, 0.717) is 21.4 Å². The summed E-state index contributed by atoms with van der Waals surface area (Å²) in [6.45, 7) is 3.54. The summed E-state index contributed by atoms with van der Waals surface area (Å²) in [4.78, 5) is 38.2. The molecule has 3 rings (SSSR count). The number of anilines is 2. The fourth-order valence-electron chi connectivity index (χ4n) is 3.12. The van der Waals surface area contributed by atoms with E-state index >= 15 is 0 Å². The molecule has 29 heavy (non-hydrogen) atoms. The summed E-state index contributed by atoms with van der Waals surface area (Å²) in [6, 6.07) is 10.4. The molecule has 6 nitrogen and oxygen atoms in total. The van der Waals surface area contributed by atoms with Crippen LogP contribution in [0.15, 0.2) is 36.4 Å². The number of carbonyl (C=O) groups excluding carboxylic acids is 3. The summed E-state index contributed by atoms with van der Waals surface area (Å²) >= 11 is 12.1. The van der Waals surface area contributed by atoms with Gasteiger partial charge >= 0.3 is 5.97 Å². The van der Waals surface area contributed by atoms with Crippen LogP contribution >= 0.6 is 23.2 Å². The van der Waals surface area contributed by atoms with E-state index in [0.717, 1.165) is 11.1 Å². The molecule has 1 heterocycles. The van der Waals surface area contributed by atoms with Crippen LogP contribution in [0.25, 0.3) is 0 Å². The number of carbonyl (C=O) groups is 3. The predicted molar refractivity (Wildman–Crippen MR) is 112 cm³/mol. The number of amides is 2. The summed E-state index contributed by atoms with van der Waals surface area (Å²) in [7, 11) is 0. The van der Waals surface area contributed by atoms with Crippen LogP contribution in [0.5, 0.6) is 0 Å². The fourth-order valence-corrected chi connectivity index (χ4v) is 3.50. The molecule has 0 radical (unpaired) electrons. The Hall–Kier alpha value is -2.57. The number of nitrogens with zero attached hydrogens (tertiary/aromatic N) is 1. The summed E-state index contributed by atoms with van der Waals surface area (Å²) in [6.07, 6.45) is -0.0136. The molecule has 0 aliphatic carbocycles. The molecule has 1 atom stereocenters. The first-order chi connectivity index (χ1) is 13.8. The lowest BCUT2D eigenvalue weighted by atomic mass is 10.1. The third kappa shape index (κ3) is 4.89. The summed E-state index contributed by atoms with van der Waals surface area (Å²) in [5, 5.41) is 3.53. The number of benzene rings is 2. The second-order valence-corrected chi connectivity index (χ2v) is 7.75. The van der Waals surface area contributed by atoms with Gasteiger partial charge in [0.1, 0.15) is 0 Å². The van der Waals surface area contributed by atoms with Gasteiger partial charge in [-0.25, -0.2) is 0 Å². The average Bonchev–Trinajstić information content (AvgIpc) is 3.07. The highest BCUT2D eigenvalue weighted by Crippen LogP contribution is 2.33. The van der Waals surface area contributed by atoms with Crippen LogP contribution in [0.3, 0.4) is 0 Å². The standard InChI is InChI=1S/C21H20Cl2N2O4/c1-12-4-3-5-17(13(12)2)24-19(26)11-29-21(28)14-8-20(27)25(10-14)18-9-15(22)6-7-16(18)23/h3-7,9,14H,8,10-11H2,1-2H3,(H,24,26)/t14-/m0/s1. The zero-order valence-electron chi connectivity index (χ0n) is 16.0. The van der Waals surface area contributed by atoms with E-state index in [2.05, 4.69) is 5.32 Å². The van der Waals surface area contributed by atoms with Crippen LogP contribution in [-0.4, -0.2) is 30.9 Å². The quantitative estimate of drug-likeness (QED) is 0.717. The third-order valence-electron chi connectivity index (χ3n) is 4.88. The summed E-state index contributed by atoms with van der Waals surface area (Å²) in [5.41, 5.74) is 3.11. The number of hydrogen-bond acceptors (Lipinski definition) is 4. The van der Waals surface area contributed by atoms with Crippen molar-refractivity contribution in [1.29, 1.82) is 0 Å². The molecule has 2 aromatic rings. The number of ether oxygens (including phenoxy) is 1. The Morgan fingerprint density at radius 2 is 1.97 bits per heavy atom. The molecule has 1 N–H and O–H groups in total. The Bertz CT molecular complexity index is 977. The van der Waals surface area contributed by atoms with Gasteiger partial charge in [-0.15, -0.1) is 0 Å². The number of halogens is 2. The molecule has 1 fully saturated rings. The van der Waals surface area contributed by atoms with E-state index in [9.17, 15) is 14.4 Å². The first kappa shape index (κ1) is 21.1. The maximum absolute atomic E-state index is 12.4. The minimum absolute atomic E-state index is 0.0136. The lowest BCUT2D eigenvalue weighted by Gasteiger charge is -2.18. The van der Waals surface area contributed by atoms with Crippen molar-refractivity contribution in [2.24, 2.45) is 5.92 Å². The average molecular weight is 435 g/mol. The third-order valence-corrected chi connectivity index (χ3v) is 5.44. The van der Waals surface area contributed by atoms with Gasteiger partial charge in [-0.2, -0.15) is 0 Å². The first-order valence-electron chi connectivity index (χ1n) is 9.04. The molecule has 2 amide bonds. The van der Waals surface area contributed by atoms with Gasteiger partial charge in [0.2, 0.25) is 5.91 Å². The highest BCUT2D eigenvalue weighted by atomic mass is 35.5. The second-order valence-electron chi connectivity index (χ2n) is 6.90. The maximum Gasteiger partial charge on any atom is 0.311 e. The van der Waals surface area contributed by atoms with Crippen molar-refractivity contribution in [3.05, 3.63) is 57.6 Å². The molecular formula is C21H20Cl2N2O4. The monoisotopic (exact) mass is 434 g/mol. The van der Waals surface area contributed by atoms with Crippen molar-refractivity contribution in [2.75, 3.05) is 23.4 Å². The number of rotatable bonds is 5. The second kappa shape index (κ2) is 8.84. The van der Waals surface area contributed by atoms with Crippen molar-refractivity contribution >= 4 is 52.4 Å². The molecular weight excluding hydrogens is 415 g/mol. The van der Waals surface area contributed by atoms with Gasteiger partial charge in [0.25, 0.3) is 5.91 Å². The Labute approximate surface area is 178 Å². The van der Waals surface area contributed by atoms with Crippen LogP contribution in [-0.2, 0) is 19.1 Å². The van der Waals surface area contributed by atoms with Gasteiger partial charge < -0.3 is 15.0 Å². The van der Waals surface area contributed by atoms with Gasteiger partial charge in [-0.1, -0.05) is 35.3 Å². The molecule has 1 aliphatic rings. The highest BCUT2D eigenvalue weighted by molar-refractivity contribution is 6.35. The minimum atomic E-state index is -0.675. The summed E-state index contributed by atoms with van der Waals surface area (Å²) < 4.78 is 5.13. The topological polar surface area (TPSA) is 75.7 Å². The van der Waals surface area contributed by atoms with Gasteiger partial charge in [0.05, 0.1) is 16.6 Å². The van der Waals surface area contributed by atoms with Crippen molar-refractivity contribution in [3.63, 3.8) is 0 Å². The zero-order valence-corrected chi connectivity index (χ0v) is 17.5. The molecule has 1 saturated heterocycles. The van der Waals surface area contributed by atoms with E-state index in [4.69, 9.17) is 27.9 Å². The lowest BCUT2D eigenvalue weighted by molar-refractivity contribution is -0.151. The molecule has 2 aromatic carbocycles. The van der Waals surface area contributed by atoms with Crippen LogP contribution < -0.4 is 10.2 Å². The van der Waals surface area contributed by atoms with E-state index in [-0.39, 0.29) is 18.9 Å². The maximum atomic E-state index is 12.4. The van der Waals surface area contributed by atoms with Crippen molar-refractivity contribution < 1.29 is 19.1 Å². The number of nitrogens with one attached hydrogen (secondary N) is 1. The molecule has 0 bridgehead atoms. The summed E-state index contributed by atoms with van der Waals surface area (Å²) in [5.74, 6) is -1.97. The van der Waals surface area contributed by atoms with Gasteiger partial charge in [-0.3, -0.25) is 14.4 Å². The van der Waals surface area contributed by atoms with Gasteiger partial charge in [0.15, 0.2) is 6.61 Å². The molecule has 8 heteroatoms. The van der Waals surface area contributed by atoms with Gasteiger partial charge in [0, 0.05) is 23.7 Å². The smallest absolute Gasteiger partial charge is 0.311 e. The number of hydrogen-bond donors (Lipinski definition) is 1. The molecule has 0 aromatic heterocycles. The number of aryl methyl sites for hydroxylation is 1. The molecule has 0 unspecified atom stereocenters. The normalized spacial score (nSPS) is 16.1. The predicted octanol–water partition coefficient (Wildman–Crippen LogP) is 4.15. The van der Waals surface area contributed by atoms with E-state index < -0.39 is 24.4 Å². The SMILES string of the molecule is Cc1cccc(NC(=O)COC(=O)[C@H]2CC(=O)N(c3cc(Cl)ccc3Cl)C2)c1C. The molecule has 0 saturated carbocycles. The molecule has 152 valence electrons. The Morgan fingerprint density at radius 1 is 1.21 bits per heavy atom. The van der Waals surface area contributed by atoms with E-state index in [1.54, 1.807) is 24.3 Å². The Kier molecular flexibility index (Phi) is 6.45. The van der Waals surface area contributed by atoms with Crippen LogP contribution in [0, 0.1) is 19.8 Å². The first-order valence-corrected chi connectivity index (χ1v) is 9.80. The fraction of sp³-hybridized carbons (Fsp3) is 0.286. The largest absolute Gasteiger partial charge is 0.455 e. The van der Waals surface area contributed by atoms with E-state index in [1.807, 2.05) is 26.0 Å². The van der Waals surface area contributed by atoms with E-state index in [1.165, 1.54) is 4.90 Å². The van der Waals surface area contributed by atoms with Crippen molar-refractivity contribution in [1.82, 2.24) is 0 Å². The number of esters is 1. The lowest BCUT2D eigenvalue weighted by Crippen LogP contribution is -2.28. The van der Waals surface area contributed by atoms with Crippen LogP contribution in [0.4, 0.5) is 11.4 Å². The minimum Gasteiger partial charge on any atom is -0.455 e. The van der Waals surface area contributed by atoms with Gasteiger partial charge in [-0.05, 0) is 49.2 Å². The Balaban J connectivity index is 1.57. The van der Waals surface area contributed by atoms with Crippen molar-refractivity contribution in [3.8, 4) is 0 Å². The van der Waals surface area contributed by atoms with Crippen molar-refractivity contribution in [2.45, 2.75) is 20.3 Å². The highest BCUT2D eigenvalue weighted by Gasteiger charge is 2.37. The Morgan fingerprint density at radius 3 is 2.72 bits per heavy atom. The molecule has 0 spiro atoms. The molecule has 1 aliphatic heterocycles. The van der Waals surface area contributed by atoms with Crippen LogP contribution in [0.1, 0.15) is 17.5 Å². The van der Waals surface area contributed by atoms with Crippen LogP contribution in [0.2, 0.25) is 10.0 Å².